The lowest BCUT2D eigenvalue weighted by Crippen LogP contribution is -2.36. The Balaban J connectivity index is 2.01. The molecule has 1 aromatic carbocycles. The molecule has 1 aliphatic heterocycles. The van der Waals surface area contributed by atoms with Gasteiger partial charge < -0.3 is 5.73 Å². The van der Waals surface area contributed by atoms with Gasteiger partial charge in [0.25, 0.3) is 0 Å². The first kappa shape index (κ1) is 13.7. The molecule has 1 unspecified atom stereocenters. The van der Waals surface area contributed by atoms with E-state index in [1.165, 1.54) is 10.5 Å². The molecule has 4 nitrogen and oxygen atoms in total. The van der Waals surface area contributed by atoms with Crippen LogP contribution in [0.15, 0.2) is 24.3 Å². The summed E-state index contributed by atoms with van der Waals surface area (Å²) in [7, 11) is 0. The zero-order chi connectivity index (χ0) is 13.8. The van der Waals surface area contributed by atoms with Gasteiger partial charge in [-0.25, -0.2) is 0 Å². The molecule has 1 heterocycles. The van der Waals surface area contributed by atoms with Crippen LogP contribution in [0.5, 0.6) is 0 Å². The Bertz CT molecular complexity index is 452. The molecule has 2 rings (SSSR count). The third-order valence-corrected chi connectivity index (χ3v) is 3.48. The van der Waals surface area contributed by atoms with Crippen LogP contribution in [0.1, 0.15) is 43.4 Å². The first-order valence-corrected chi connectivity index (χ1v) is 6.79. The summed E-state index contributed by atoms with van der Waals surface area (Å²) in [5.41, 5.74) is 8.33. The number of imide groups is 1. The lowest BCUT2D eigenvalue weighted by Gasteiger charge is -2.19. The van der Waals surface area contributed by atoms with Crippen LogP contribution in [0.3, 0.4) is 0 Å². The molecular formula is C15H20N2O2. The second kappa shape index (κ2) is 5.97. The van der Waals surface area contributed by atoms with Gasteiger partial charge in [-0.1, -0.05) is 37.6 Å². The fourth-order valence-corrected chi connectivity index (χ4v) is 2.35. The van der Waals surface area contributed by atoms with E-state index in [4.69, 9.17) is 5.73 Å². The number of carbonyl (C=O) groups is 2. The van der Waals surface area contributed by atoms with Crippen LogP contribution in [0.2, 0.25) is 0 Å². The SMILES string of the molecule is CCCc1ccc(C(N)CN2C(=O)CCC2=O)cc1. The van der Waals surface area contributed by atoms with Crippen molar-refractivity contribution in [1.29, 1.82) is 0 Å². The van der Waals surface area contributed by atoms with E-state index in [-0.39, 0.29) is 24.4 Å². The predicted octanol–water partition coefficient (Wildman–Crippen LogP) is 1.79. The van der Waals surface area contributed by atoms with Crippen molar-refractivity contribution in [3.8, 4) is 0 Å². The fourth-order valence-electron chi connectivity index (χ4n) is 2.35. The molecule has 0 radical (unpaired) electrons. The Morgan fingerprint density at radius 1 is 1.16 bits per heavy atom. The first-order chi connectivity index (χ1) is 9.11. The molecule has 102 valence electrons. The van der Waals surface area contributed by atoms with Crippen molar-refractivity contribution < 1.29 is 9.59 Å². The van der Waals surface area contributed by atoms with Crippen molar-refractivity contribution in [3.63, 3.8) is 0 Å². The lowest BCUT2D eigenvalue weighted by molar-refractivity contribution is -0.138. The summed E-state index contributed by atoms with van der Waals surface area (Å²) in [6.07, 6.45) is 2.81. The minimum Gasteiger partial charge on any atom is -0.322 e. The third-order valence-electron chi connectivity index (χ3n) is 3.48. The second-order valence-corrected chi connectivity index (χ2v) is 5.00. The smallest absolute Gasteiger partial charge is 0.229 e. The van der Waals surface area contributed by atoms with E-state index < -0.39 is 0 Å². The maximum atomic E-state index is 11.5. The highest BCUT2D eigenvalue weighted by atomic mass is 16.2. The molecule has 0 aromatic heterocycles. The summed E-state index contributed by atoms with van der Waals surface area (Å²) in [5.74, 6) is -0.217. The van der Waals surface area contributed by atoms with Gasteiger partial charge in [-0.05, 0) is 17.5 Å². The molecular weight excluding hydrogens is 240 g/mol. The summed E-state index contributed by atoms with van der Waals surface area (Å²) in [6, 6.07) is 7.79. The Labute approximate surface area is 113 Å². The largest absolute Gasteiger partial charge is 0.322 e. The predicted molar refractivity (Wildman–Crippen MR) is 73.3 cm³/mol. The highest BCUT2D eigenvalue weighted by Crippen LogP contribution is 2.18. The van der Waals surface area contributed by atoms with Crippen LogP contribution in [-0.4, -0.2) is 23.3 Å². The number of carbonyl (C=O) groups excluding carboxylic acids is 2. The van der Waals surface area contributed by atoms with Gasteiger partial charge in [0, 0.05) is 25.4 Å². The van der Waals surface area contributed by atoms with Crippen LogP contribution in [0.4, 0.5) is 0 Å². The molecule has 1 fully saturated rings. The van der Waals surface area contributed by atoms with Gasteiger partial charge in [0.15, 0.2) is 0 Å². The van der Waals surface area contributed by atoms with Crippen molar-refractivity contribution in [2.45, 2.75) is 38.6 Å². The third kappa shape index (κ3) is 3.20. The zero-order valence-electron chi connectivity index (χ0n) is 11.3. The first-order valence-electron chi connectivity index (χ1n) is 6.79. The Kier molecular flexibility index (Phi) is 4.32. The number of amides is 2. The molecule has 0 bridgehead atoms. The number of aryl methyl sites for hydroxylation is 1. The van der Waals surface area contributed by atoms with E-state index in [1.54, 1.807) is 0 Å². The molecule has 2 amide bonds. The number of likely N-dealkylation sites (tertiary alicyclic amines) is 1. The van der Waals surface area contributed by atoms with Gasteiger partial charge in [-0.15, -0.1) is 0 Å². The van der Waals surface area contributed by atoms with Gasteiger partial charge in [0.05, 0.1) is 0 Å². The van der Waals surface area contributed by atoms with E-state index in [1.807, 2.05) is 12.1 Å². The van der Waals surface area contributed by atoms with E-state index in [0.717, 1.165) is 18.4 Å². The lowest BCUT2D eigenvalue weighted by atomic mass is 10.0. The van der Waals surface area contributed by atoms with Crippen molar-refractivity contribution in [1.82, 2.24) is 4.90 Å². The summed E-state index contributed by atoms with van der Waals surface area (Å²) in [6.45, 7) is 2.43. The molecule has 1 atom stereocenters. The van der Waals surface area contributed by atoms with Crippen LogP contribution in [-0.2, 0) is 16.0 Å². The molecule has 4 heteroatoms. The summed E-state index contributed by atoms with van der Waals surface area (Å²) in [5, 5.41) is 0. The number of rotatable bonds is 5. The van der Waals surface area contributed by atoms with Crippen LogP contribution < -0.4 is 5.73 Å². The van der Waals surface area contributed by atoms with Gasteiger partial charge in [0.1, 0.15) is 0 Å². The highest BCUT2D eigenvalue weighted by molar-refractivity contribution is 6.01. The Morgan fingerprint density at radius 2 is 1.74 bits per heavy atom. The number of nitrogens with zero attached hydrogens (tertiary/aromatic N) is 1. The summed E-state index contributed by atoms with van der Waals surface area (Å²) in [4.78, 5) is 24.4. The van der Waals surface area contributed by atoms with Gasteiger partial charge >= 0.3 is 0 Å². The number of nitrogens with two attached hydrogens (primary N) is 1. The summed E-state index contributed by atoms with van der Waals surface area (Å²) >= 11 is 0. The maximum Gasteiger partial charge on any atom is 0.229 e. The van der Waals surface area contributed by atoms with E-state index in [0.29, 0.717) is 12.8 Å². The number of hydrogen-bond donors (Lipinski definition) is 1. The normalized spacial score (nSPS) is 17.1. The topological polar surface area (TPSA) is 63.4 Å². The second-order valence-electron chi connectivity index (χ2n) is 5.00. The maximum absolute atomic E-state index is 11.5. The van der Waals surface area contributed by atoms with E-state index in [2.05, 4.69) is 19.1 Å². The Morgan fingerprint density at radius 3 is 2.26 bits per heavy atom. The van der Waals surface area contributed by atoms with Crippen LogP contribution in [0.25, 0.3) is 0 Å². The van der Waals surface area contributed by atoms with Crippen LogP contribution in [0, 0.1) is 0 Å². The van der Waals surface area contributed by atoms with Crippen molar-refractivity contribution in [2.75, 3.05) is 6.54 Å². The molecule has 1 saturated heterocycles. The minimum atomic E-state index is -0.304. The molecule has 1 aliphatic rings. The Hall–Kier alpha value is -1.68. The van der Waals surface area contributed by atoms with E-state index >= 15 is 0 Å². The van der Waals surface area contributed by atoms with E-state index in [9.17, 15) is 9.59 Å². The van der Waals surface area contributed by atoms with Gasteiger partial charge in [-0.3, -0.25) is 14.5 Å². The zero-order valence-corrected chi connectivity index (χ0v) is 11.3. The fraction of sp³-hybridized carbons (Fsp3) is 0.467. The number of benzene rings is 1. The molecule has 19 heavy (non-hydrogen) atoms. The standard InChI is InChI=1S/C15H20N2O2/c1-2-3-11-4-6-12(7-5-11)13(16)10-17-14(18)8-9-15(17)19/h4-7,13H,2-3,8-10,16H2,1H3. The molecule has 0 aliphatic carbocycles. The molecule has 0 saturated carbocycles. The molecule has 2 N–H and O–H groups in total. The van der Waals surface area contributed by atoms with Crippen LogP contribution >= 0.6 is 0 Å². The number of hydrogen-bond acceptors (Lipinski definition) is 3. The average Bonchev–Trinajstić information content (AvgIpc) is 2.72. The van der Waals surface area contributed by atoms with Gasteiger partial charge in [-0.2, -0.15) is 0 Å². The minimum absolute atomic E-state index is 0.108. The molecule has 1 aromatic rings. The quantitative estimate of drug-likeness (QED) is 0.821. The summed E-state index contributed by atoms with van der Waals surface area (Å²) < 4.78 is 0. The molecule has 0 spiro atoms. The van der Waals surface area contributed by atoms with Crippen molar-refractivity contribution in [3.05, 3.63) is 35.4 Å². The highest BCUT2D eigenvalue weighted by Gasteiger charge is 2.30. The van der Waals surface area contributed by atoms with Crippen molar-refractivity contribution in [2.24, 2.45) is 5.73 Å². The average molecular weight is 260 g/mol. The van der Waals surface area contributed by atoms with Gasteiger partial charge in [0.2, 0.25) is 11.8 Å². The van der Waals surface area contributed by atoms with Crippen molar-refractivity contribution >= 4 is 11.8 Å². The monoisotopic (exact) mass is 260 g/mol.